The fourth-order valence-corrected chi connectivity index (χ4v) is 4.05. The van der Waals surface area contributed by atoms with E-state index in [1.165, 1.54) is 6.92 Å². The minimum Gasteiger partial charge on any atom is -0.481 e. The van der Waals surface area contributed by atoms with Crippen LogP contribution in [0.4, 0.5) is 0 Å². The van der Waals surface area contributed by atoms with Crippen molar-refractivity contribution in [2.24, 2.45) is 0 Å². The smallest absolute Gasteiger partial charge is 0.320 e. The number of likely N-dealkylation sites (N-methyl/N-ethyl adjacent to an activating group) is 1. The summed E-state index contributed by atoms with van der Waals surface area (Å²) in [6.45, 7) is 3.80. The van der Waals surface area contributed by atoms with Gasteiger partial charge in [0.15, 0.2) is 0 Å². The van der Waals surface area contributed by atoms with Crippen LogP contribution >= 0.6 is 0 Å². The average Bonchev–Trinajstić information content (AvgIpc) is 2.74. The molecule has 1 aromatic heterocycles. The molecule has 12 heteroatoms. The SMILES string of the molecule is CC(=O)CCC(C(=O)O)N1CCN(C)CCN(C(CCC(=O)O)C(=O)O)Cc2cccc(n2)C1.[Mn]. The van der Waals surface area contributed by atoms with Gasteiger partial charge < -0.3 is 25.0 Å². The molecular formula is C23H34MnN4O7. The van der Waals surface area contributed by atoms with Crippen molar-refractivity contribution in [1.29, 1.82) is 0 Å². The van der Waals surface area contributed by atoms with Gasteiger partial charge in [0.2, 0.25) is 0 Å². The molecule has 1 radical (unpaired) electrons. The third-order valence-electron chi connectivity index (χ3n) is 5.99. The molecule has 1 aliphatic rings. The number of aliphatic carboxylic acids is 3. The molecule has 0 aliphatic carbocycles. The first-order chi connectivity index (χ1) is 16.1. The Kier molecular flexibility index (Phi) is 13.1. The molecule has 195 valence electrons. The molecule has 2 rings (SSSR count). The summed E-state index contributed by atoms with van der Waals surface area (Å²) in [6, 6.07) is 3.58. The van der Waals surface area contributed by atoms with E-state index in [2.05, 4.69) is 4.98 Å². The predicted octanol–water partition coefficient (Wildman–Crippen LogP) is 0.769. The third-order valence-corrected chi connectivity index (χ3v) is 5.99. The number of nitrogens with zero attached hydrogens (tertiary/aromatic N) is 4. The van der Waals surface area contributed by atoms with Crippen molar-refractivity contribution < 1.29 is 51.6 Å². The van der Waals surface area contributed by atoms with Crippen LogP contribution in [0, 0.1) is 0 Å². The maximum absolute atomic E-state index is 12.0. The molecule has 2 atom stereocenters. The van der Waals surface area contributed by atoms with E-state index in [1.807, 2.05) is 16.8 Å². The van der Waals surface area contributed by atoms with Gasteiger partial charge in [-0.25, -0.2) is 0 Å². The zero-order chi connectivity index (χ0) is 25.3. The van der Waals surface area contributed by atoms with E-state index in [0.29, 0.717) is 37.6 Å². The quantitative estimate of drug-likeness (QED) is 0.366. The molecule has 0 saturated carbocycles. The van der Waals surface area contributed by atoms with Crippen LogP contribution in [0.5, 0.6) is 0 Å². The number of carboxylic acid groups (broad SMARTS) is 3. The van der Waals surface area contributed by atoms with E-state index in [4.69, 9.17) is 5.11 Å². The molecule has 0 amide bonds. The van der Waals surface area contributed by atoms with Crippen LogP contribution in [0.25, 0.3) is 0 Å². The molecule has 0 spiro atoms. The van der Waals surface area contributed by atoms with Crippen molar-refractivity contribution in [3.05, 3.63) is 29.6 Å². The number of fused-ring (bicyclic) bond motifs is 2. The first-order valence-electron chi connectivity index (χ1n) is 11.3. The summed E-state index contributed by atoms with van der Waals surface area (Å²) >= 11 is 0. The first-order valence-corrected chi connectivity index (χ1v) is 11.3. The van der Waals surface area contributed by atoms with E-state index < -0.39 is 30.0 Å². The Morgan fingerprint density at radius 3 is 1.71 bits per heavy atom. The Labute approximate surface area is 215 Å². The standard InChI is InChI=1S/C23H34N4O7.Mn/c1-16(28)6-7-19(22(31)32)26-12-10-25(2)11-13-27(20(23(33)34)8-9-21(29)30)15-18-5-3-4-17(14-26)24-18;/h3-5,19-20H,6-15H2,1-2H3,(H,29,30)(H,31,32)(H,33,34);. The average molecular weight is 533 g/mol. The largest absolute Gasteiger partial charge is 0.481 e. The number of carboxylic acids is 3. The number of carbonyl (C=O) groups is 4. The normalized spacial score (nSPS) is 17.8. The van der Waals surface area contributed by atoms with Gasteiger partial charge in [0.1, 0.15) is 17.9 Å². The maximum Gasteiger partial charge on any atom is 0.320 e. The Balaban J connectivity index is 0.00000612. The van der Waals surface area contributed by atoms with Crippen LogP contribution < -0.4 is 0 Å². The first kappa shape index (κ1) is 30.7. The number of Topliss-reactive ketones (excluding diaryl/α,β-unsaturated/α-hetero) is 1. The zero-order valence-corrected chi connectivity index (χ0v) is 21.3. The van der Waals surface area contributed by atoms with Gasteiger partial charge in [-0.05, 0) is 38.9 Å². The molecule has 0 aromatic carbocycles. The molecule has 11 nitrogen and oxygen atoms in total. The van der Waals surface area contributed by atoms with Crippen molar-refractivity contribution in [3.8, 4) is 0 Å². The van der Waals surface area contributed by atoms with Gasteiger partial charge in [-0.1, -0.05) is 6.07 Å². The summed E-state index contributed by atoms with van der Waals surface area (Å²) in [6.07, 6.45) is 0.130. The summed E-state index contributed by atoms with van der Waals surface area (Å²) in [7, 11) is 1.87. The predicted molar refractivity (Wildman–Crippen MR) is 122 cm³/mol. The molecule has 1 aliphatic heterocycles. The number of carbonyl (C=O) groups excluding carboxylic acids is 1. The van der Waals surface area contributed by atoms with E-state index >= 15 is 0 Å². The molecule has 2 bridgehead atoms. The zero-order valence-electron chi connectivity index (χ0n) is 20.1. The molecule has 2 unspecified atom stereocenters. The van der Waals surface area contributed by atoms with Crippen LogP contribution in [0.3, 0.4) is 0 Å². The van der Waals surface area contributed by atoms with Gasteiger partial charge in [0, 0.05) is 69.2 Å². The topological polar surface area (TPSA) is 152 Å². The molecule has 3 N–H and O–H groups in total. The summed E-state index contributed by atoms with van der Waals surface area (Å²) in [5.74, 6) is -3.17. The minimum atomic E-state index is -1.08. The number of rotatable bonds is 10. The summed E-state index contributed by atoms with van der Waals surface area (Å²) in [5.41, 5.74) is 1.27. The minimum absolute atomic E-state index is 0. The van der Waals surface area contributed by atoms with Crippen molar-refractivity contribution in [2.45, 2.75) is 57.8 Å². The van der Waals surface area contributed by atoms with Gasteiger partial charge in [-0.2, -0.15) is 0 Å². The van der Waals surface area contributed by atoms with E-state index in [9.17, 15) is 29.4 Å². The summed E-state index contributed by atoms with van der Waals surface area (Å²) < 4.78 is 0. The molecular weight excluding hydrogens is 499 g/mol. The van der Waals surface area contributed by atoms with Crippen LogP contribution in [-0.4, -0.2) is 104 Å². The number of ketones is 1. The number of aromatic nitrogens is 1. The fraction of sp³-hybridized carbons (Fsp3) is 0.609. The molecule has 0 fully saturated rings. The number of hydrogen-bond acceptors (Lipinski definition) is 8. The third kappa shape index (κ3) is 10.4. The maximum atomic E-state index is 12.0. The van der Waals surface area contributed by atoms with Gasteiger partial charge in [-0.15, -0.1) is 0 Å². The van der Waals surface area contributed by atoms with Gasteiger partial charge in [0.25, 0.3) is 0 Å². The van der Waals surface area contributed by atoms with Crippen LogP contribution in [0.15, 0.2) is 18.2 Å². The van der Waals surface area contributed by atoms with Crippen LogP contribution in [-0.2, 0) is 49.3 Å². The second-order valence-corrected chi connectivity index (χ2v) is 8.75. The number of hydrogen-bond donors (Lipinski definition) is 3. The van der Waals surface area contributed by atoms with Crippen molar-refractivity contribution >= 4 is 23.7 Å². The number of pyridine rings is 1. The molecule has 0 saturated heterocycles. The van der Waals surface area contributed by atoms with Crippen molar-refractivity contribution in [3.63, 3.8) is 0 Å². The Morgan fingerprint density at radius 2 is 1.31 bits per heavy atom. The van der Waals surface area contributed by atoms with Gasteiger partial charge in [-0.3, -0.25) is 29.2 Å². The Morgan fingerprint density at radius 1 is 0.857 bits per heavy atom. The van der Waals surface area contributed by atoms with Crippen LogP contribution in [0.2, 0.25) is 0 Å². The van der Waals surface area contributed by atoms with E-state index in [-0.39, 0.29) is 61.6 Å². The van der Waals surface area contributed by atoms with Crippen LogP contribution in [0.1, 0.15) is 44.0 Å². The van der Waals surface area contributed by atoms with Gasteiger partial charge in [0.05, 0.1) is 11.4 Å². The molecule has 2 heterocycles. The fourth-order valence-electron chi connectivity index (χ4n) is 4.05. The summed E-state index contributed by atoms with van der Waals surface area (Å²) in [4.78, 5) is 56.6. The second-order valence-electron chi connectivity index (χ2n) is 8.75. The van der Waals surface area contributed by atoms with Crippen molar-refractivity contribution in [2.75, 3.05) is 33.2 Å². The Hall–Kier alpha value is -2.37. The van der Waals surface area contributed by atoms with Gasteiger partial charge >= 0.3 is 17.9 Å². The molecule has 35 heavy (non-hydrogen) atoms. The second kappa shape index (κ2) is 14.9. The molecule has 1 aromatic rings. The summed E-state index contributed by atoms with van der Waals surface area (Å²) in [5, 5.41) is 28.6. The van der Waals surface area contributed by atoms with Crippen molar-refractivity contribution in [1.82, 2.24) is 19.7 Å². The monoisotopic (exact) mass is 533 g/mol. The van der Waals surface area contributed by atoms with E-state index in [1.54, 1.807) is 23.1 Å². The Bertz CT molecular complexity index is 820. The van der Waals surface area contributed by atoms with E-state index in [0.717, 1.165) is 0 Å².